The fourth-order valence-electron chi connectivity index (χ4n) is 3.26. The van der Waals surface area contributed by atoms with Gasteiger partial charge < -0.3 is 19.9 Å². The Kier molecular flexibility index (Phi) is 6.02. The first-order valence-electron chi connectivity index (χ1n) is 9.67. The summed E-state index contributed by atoms with van der Waals surface area (Å²) in [5.74, 6) is 0.941. The number of anilines is 1. The molecule has 0 atom stereocenters. The molecule has 0 radical (unpaired) electrons. The van der Waals surface area contributed by atoms with Gasteiger partial charge in [0.05, 0.1) is 6.54 Å². The van der Waals surface area contributed by atoms with Crippen LogP contribution in [0.5, 0.6) is 0 Å². The molecule has 3 rings (SSSR count). The Labute approximate surface area is 165 Å². The molecule has 0 spiro atoms. The third-order valence-electron chi connectivity index (χ3n) is 4.54. The first-order chi connectivity index (χ1) is 13.3. The maximum absolute atomic E-state index is 12.6. The number of piperazine rings is 1. The number of rotatable bonds is 5. The molecule has 0 aliphatic carbocycles. The van der Waals surface area contributed by atoms with Crippen molar-refractivity contribution in [2.24, 2.45) is 0 Å². The van der Waals surface area contributed by atoms with Gasteiger partial charge in [-0.1, -0.05) is 24.3 Å². The Morgan fingerprint density at radius 3 is 2.75 bits per heavy atom. The smallest absolute Gasteiger partial charge is 0.407 e. The van der Waals surface area contributed by atoms with Gasteiger partial charge in [0.1, 0.15) is 11.4 Å². The van der Waals surface area contributed by atoms with Crippen LogP contribution in [-0.4, -0.2) is 60.2 Å². The Balaban J connectivity index is 1.49. The minimum atomic E-state index is -0.508. The van der Waals surface area contributed by atoms with E-state index in [1.54, 1.807) is 6.20 Å². The summed E-state index contributed by atoms with van der Waals surface area (Å²) in [7, 11) is 0. The van der Waals surface area contributed by atoms with Crippen LogP contribution in [0.2, 0.25) is 0 Å². The van der Waals surface area contributed by atoms with Crippen molar-refractivity contribution in [3.63, 3.8) is 0 Å². The average Bonchev–Trinajstić information content (AvgIpc) is 2.64. The van der Waals surface area contributed by atoms with Crippen LogP contribution in [0.4, 0.5) is 10.6 Å². The molecule has 1 N–H and O–H groups in total. The summed E-state index contributed by atoms with van der Waals surface area (Å²) in [5.41, 5.74) is -0.508. The van der Waals surface area contributed by atoms with E-state index in [1.807, 2.05) is 54.8 Å². The predicted octanol–water partition coefficient (Wildman–Crippen LogP) is 2.80. The van der Waals surface area contributed by atoms with Gasteiger partial charge in [0, 0.05) is 37.8 Å². The van der Waals surface area contributed by atoms with Gasteiger partial charge >= 0.3 is 6.09 Å². The van der Waals surface area contributed by atoms with Gasteiger partial charge in [-0.15, -0.1) is 0 Å². The van der Waals surface area contributed by atoms with Crippen LogP contribution in [0, 0.1) is 0 Å². The lowest BCUT2D eigenvalue weighted by molar-refractivity contribution is -0.131. The molecule has 2 heterocycles. The van der Waals surface area contributed by atoms with Gasteiger partial charge in [-0.05, 0) is 38.6 Å². The summed E-state index contributed by atoms with van der Waals surface area (Å²) in [6.45, 7) is 8.29. The van der Waals surface area contributed by atoms with E-state index in [4.69, 9.17) is 4.74 Å². The molecule has 1 saturated heterocycles. The molecule has 1 aromatic heterocycles. The van der Waals surface area contributed by atoms with E-state index in [-0.39, 0.29) is 5.91 Å². The van der Waals surface area contributed by atoms with E-state index in [9.17, 15) is 9.59 Å². The normalized spacial score (nSPS) is 15.0. The van der Waals surface area contributed by atoms with Crippen LogP contribution in [0.1, 0.15) is 27.2 Å². The van der Waals surface area contributed by atoms with Gasteiger partial charge in [0.15, 0.2) is 0 Å². The Hall–Kier alpha value is -2.83. The Bertz CT molecular complexity index is 842. The number of ether oxygens (including phenoxy) is 1. The number of alkyl carbamates (subject to hydrolysis) is 1. The number of carbonyl (C=O) groups excluding carboxylic acids is 2. The molecule has 28 heavy (non-hydrogen) atoms. The van der Waals surface area contributed by atoms with Crippen LogP contribution < -0.4 is 10.2 Å². The fraction of sp³-hybridized carbons (Fsp3) is 0.476. The zero-order chi connectivity index (χ0) is 20.1. The average molecular weight is 384 g/mol. The first kappa shape index (κ1) is 19.9. The third-order valence-corrected chi connectivity index (χ3v) is 4.54. The maximum Gasteiger partial charge on any atom is 0.407 e. The number of aromatic nitrogens is 1. The second kappa shape index (κ2) is 8.46. The molecule has 0 saturated carbocycles. The molecule has 150 valence electrons. The molecule has 1 aromatic carbocycles. The predicted molar refractivity (Wildman–Crippen MR) is 109 cm³/mol. The van der Waals surface area contributed by atoms with Crippen LogP contribution in [0.3, 0.4) is 0 Å². The van der Waals surface area contributed by atoms with Crippen molar-refractivity contribution in [2.45, 2.75) is 32.8 Å². The number of hydrogen-bond donors (Lipinski definition) is 1. The van der Waals surface area contributed by atoms with E-state index >= 15 is 0 Å². The number of amides is 2. The zero-order valence-electron chi connectivity index (χ0n) is 16.8. The highest BCUT2D eigenvalue weighted by molar-refractivity contribution is 5.94. The highest BCUT2D eigenvalue weighted by atomic mass is 16.6. The number of nitrogens with one attached hydrogen (secondary N) is 1. The van der Waals surface area contributed by atoms with Crippen LogP contribution in [-0.2, 0) is 9.53 Å². The molecular weight excluding hydrogens is 356 g/mol. The lowest BCUT2D eigenvalue weighted by Crippen LogP contribution is -2.51. The summed E-state index contributed by atoms with van der Waals surface area (Å²) >= 11 is 0. The van der Waals surface area contributed by atoms with Gasteiger partial charge in [0.2, 0.25) is 5.91 Å². The van der Waals surface area contributed by atoms with E-state index < -0.39 is 11.7 Å². The molecule has 0 unspecified atom stereocenters. The quantitative estimate of drug-likeness (QED) is 0.803. The van der Waals surface area contributed by atoms with Crippen molar-refractivity contribution in [1.82, 2.24) is 15.2 Å². The summed E-state index contributed by atoms with van der Waals surface area (Å²) < 4.78 is 5.20. The standard InChI is InChI=1S/C21H28N4O3/c1-21(2,3)28-20(27)23-10-6-12-24-13-14-25(15-18(24)26)19-17-8-5-4-7-16(17)9-11-22-19/h4-5,7-9,11H,6,10,12-15H2,1-3H3,(H,23,27). The number of pyridine rings is 1. The number of hydrogen-bond acceptors (Lipinski definition) is 5. The zero-order valence-corrected chi connectivity index (χ0v) is 16.8. The van der Waals surface area contributed by atoms with Crippen molar-refractivity contribution >= 4 is 28.6 Å². The topological polar surface area (TPSA) is 74.8 Å². The molecule has 7 nitrogen and oxygen atoms in total. The van der Waals surface area contributed by atoms with E-state index in [0.717, 1.165) is 23.1 Å². The van der Waals surface area contributed by atoms with E-state index in [1.165, 1.54) is 0 Å². The summed E-state index contributed by atoms with van der Waals surface area (Å²) in [6, 6.07) is 10.1. The SMILES string of the molecule is CC(C)(C)OC(=O)NCCCN1CCN(c2nccc3ccccc23)CC1=O. The monoisotopic (exact) mass is 384 g/mol. The van der Waals surface area contributed by atoms with Gasteiger partial charge in [-0.3, -0.25) is 4.79 Å². The maximum atomic E-state index is 12.6. The minimum Gasteiger partial charge on any atom is -0.444 e. The fourth-order valence-corrected chi connectivity index (χ4v) is 3.26. The number of fused-ring (bicyclic) bond motifs is 1. The number of benzene rings is 1. The summed E-state index contributed by atoms with van der Waals surface area (Å²) in [5, 5.41) is 4.91. The second-order valence-corrected chi connectivity index (χ2v) is 7.94. The van der Waals surface area contributed by atoms with Crippen molar-refractivity contribution < 1.29 is 14.3 Å². The molecule has 2 amide bonds. The minimum absolute atomic E-state index is 0.0817. The van der Waals surface area contributed by atoms with E-state index in [2.05, 4.69) is 16.4 Å². The second-order valence-electron chi connectivity index (χ2n) is 7.94. The van der Waals surface area contributed by atoms with Gasteiger partial charge in [0.25, 0.3) is 0 Å². The van der Waals surface area contributed by atoms with E-state index in [0.29, 0.717) is 32.6 Å². The molecule has 2 aromatic rings. The van der Waals surface area contributed by atoms with Crippen molar-refractivity contribution in [2.75, 3.05) is 37.6 Å². The molecule has 1 fully saturated rings. The number of carbonyl (C=O) groups is 2. The summed E-state index contributed by atoms with van der Waals surface area (Å²) in [4.78, 5) is 32.6. The third kappa shape index (κ3) is 5.12. The van der Waals surface area contributed by atoms with Gasteiger partial charge in [-0.2, -0.15) is 0 Å². The van der Waals surface area contributed by atoms with Crippen molar-refractivity contribution in [3.05, 3.63) is 36.5 Å². The van der Waals surface area contributed by atoms with Gasteiger partial charge in [-0.25, -0.2) is 9.78 Å². The number of nitrogens with zero attached hydrogens (tertiary/aromatic N) is 3. The molecule has 1 aliphatic rings. The molecule has 7 heteroatoms. The highest BCUT2D eigenvalue weighted by Gasteiger charge is 2.25. The van der Waals surface area contributed by atoms with Crippen LogP contribution in [0.15, 0.2) is 36.5 Å². The summed E-state index contributed by atoms with van der Waals surface area (Å²) in [6.07, 6.45) is 2.06. The Morgan fingerprint density at radius 2 is 2.00 bits per heavy atom. The van der Waals surface area contributed by atoms with Crippen molar-refractivity contribution in [3.8, 4) is 0 Å². The molecule has 0 bridgehead atoms. The van der Waals surface area contributed by atoms with Crippen LogP contribution in [0.25, 0.3) is 10.8 Å². The molecule has 1 aliphatic heterocycles. The first-order valence-corrected chi connectivity index (χ1v) is 9.67. The highest BCUT2D eigenvalue weighted by Crippen LogP contribution is 2.25. The largest absolute Gasteiger partial charge is 0.444 e. The van der Waals surface area contributed by atoms with Crippen molar-refractivity contribution in [1.29, 1.82) is 0 Å². The molecular formula is C21H28N4O3. The lowest BCUT2D eigenvalue weighted by atomic mass is 10.1. The van der Waals surface area contributed by atoms with Crippen LogP contribution >= 0.6 is 0 Å². The lowest BCUT2D eigenvalue weighted by Gasteiger charge is -2.35. The Morgan fingerprint density at radius 1 is 1.21 bits per heavy atom.